The van der Waals surface area contributed by atoms with Crippen LogP contribution in [0.1, 0.15) is 10.4 Å². The lowest BCUT2D eigenvalue weighted by atomic mass is 10.2. The minimum absolute atomic E-state index is 0.338. The molecule has 0 aliphatic rings. The molecule has 2 nitrogen and oxygen atoms in total. The van der Waals surface area contributed by atoms with Gasteiger partial charge in [0.2, 0.25) is 0 Å². The van der Waals surface area contributed by atoms with Gasteiger partial charge >= 0.3 is 5.97 Å². The Balaban J connectivity index is 3.08. The zero-order valence-corrected chi connectivity index (χ0v) is 9.68. The third kappa shape index (κ3) is 2.09. The maximum Gasteiger partial charge on any atom is 0.337 e. The lowest BCUT2D eigenvalue weighted by Gasteiger charge is -2.00. The van der Waals surface area contributed by atoms with Crippen molar-refractivity contribution in [1.82, 2.24) is 0 Å². The van der Waals surface area contributed by atoms with Crippen LogP contribution in [0.2, 0.25) is 5.02 Å². The maximum absolute atomic E-state index is 11.1. The monoisotopic (exact) mass is 200 g/mol. The molecule has 0 radical (unpaired) electrons. The van der Waals surface area contributed by atoms with Gasteiger partial charge in [0.25, 0.3) is 0 Å². The Morgan fingerprint density at radius 2 is 2.17 bits per heavy atom. The molecular weight excluding hydrogens is 192 g/mol. The first-order valence-electron chi connectivity index (χ1n) is 3.49. The third-order valence-corrected chi connectivity index (χ3v) is 2.26. The van der Waals surface area contributed by atoms with Gasteiger partial charge in [-0.05, 0) is 18.2 Å². The fourth-order valence-electron chi connectivity index (χ4n) is 0.972. The topological polar surface area (TPSA) is 26.3 Å². The third-order valence-electron chi connectivity index (χ3n) is 1.46. The van der Waals surface area contributed by atoms with Crippen LogP contribution in [0.3, 0.4) is 0 Å². The summed E-state index contributed by atoms with van der Waals surface area (Å²) in [7, 11) is 2.23. The van der Waals surface area contributed by atoms with Gasteiger partial charge in [0.05, 0.1) is 12.7 Å². The zero-order chi connectivity index (χ0) is 9.14. The molecule has 0 amide bonds. The van der Waals surface area contributed by atoms with Gasteiger partial charge in [-0.15, -0.1) is 0 Å². The number of carbonyl (C=O) groups excluding carboxylic acids is 1. The minimum Gasteiger partial charge on any atom is -0.465 e. The molecule has 4 heteroatoms. The van der Waals surface area contributed by atoms with Gasteiger partial charge in [0.1, 0.15) is 0 Å². The van der Waals surface area contributed by atoms with E-state index in [1.165, 1.54) is 7.11 Å². The second kappa shape index (κ2) is 3.73. The van der Waals surface area contributed by atoms with E-state index >= 15 is 0 Å². The van der Waals surface area contributed by atoms with Crippen LogP contribution in [-0.2, 0) is 4.74 Å². The van der Waals surface area contributed by atoms with E-state index in [-0.39, 0.29) is 5.97 Å². The molecule has 1 rings (SSSR count). The van der Waals surface area contributed by atoms with E-state index in [0.717, 1.165) is 15.4 Å². The molecule has 0 aliphatic heterocycles. The molecule has 0 aromatic heterocycles. The molecule has 0 saturated heterocycles. The number of ether oxygens (including phenoxy) is 1. The Labute approximate surface area is 78.9 Å². The highest BCUT2D eigenvalue weighted by Gasteiger charge is 2.05. The maximum atomic E-state index is 11.1. The summed E-state index contributed by atoms with van der Waals surface area (Å²) in [6.45, 7) is 0. The lowest BCUT2D eigenvalue weighted by molar-refractivity contribution is 0.0601. The van der Waals surface area contributed by atoms with E-state index in [4.69, 9.17) is 11.6 Å². The quantitative estimate of drug-likeness (QED) is 0.476. The number of benzene rings is 1. The molecule has 0 atom stereocenters. The molecule has 1 aromatic rings. The molecule has 0 bridgehead atoms. The Morgan fingerprint density at radius 1 is 1.50 bits per heavy atom. The number of halogens is 1. The van der Waals surface area contributed by atoms with Gasteiger partial charge < -0.3 is 4.74 Å². The van der Waals surface area contributed by atoms with Crippen molar-refractivity contribution in [1.29, 1.82) is 0 Å². The number of hydrogen-bond acceptors (Lipinski definition) is 2. The Kier molecular flexibility index (Phi) is 2.89. The van der Waals surface area contributed by atoms with Crippen molar-refractivity contribution >= 4 is 33.0 Å². The fourth-order valence-corrected chi connectivity index (χ4v) is 2.07. The SMILES string of the molecule is COC(=O)c1cc([SiH3])cc(Cl)c1. The van der Waals surface area contributed by atoms with Gasteiger partial charge in [-0.1, -0.05) is 16.8 Å². The highest BCUT2D eigenvalue weighted by Crippen LogP contribution is 2.09. The van der Waals surface area contributed by atoms with Crippen LogP contribution in [0.4, 0.5) is 0 Å². The van der Waals surface area contributed by atoms with Crippen molar-refractivity contribution in [2.24, 2.45) is 0 Å². The summed E-state index contributed by atoms with van der Waals surface area (Å²) in [4.78, 5) is 11.1. The molecule has 0 unspecified atom stereocenters. The van der Waals surface area contributed by atoms with E-state index in [0.29, 0.717) is 10.6 Å². The Morgan fingerprint density at radius 3 is 2.67 bits per heavy atom. The predicted molar refractivity (Wildman–Crippen MR) is 52.4 cm³/mol. The molecular formula is C8H9ClO2Si. The second-order valence-electron chi connectivity index (χ2n) is 2.51. The zero-order valence-electron chi connectivity index (χ0n) is 6.93. The number of rotatable bonds is 1. The minimum atomic E-state index is -0.338. The first-order valence-corrected chi connectivity index (χ1v) is 4.87. The summed E-state index contributed by atoms with van der Waals surface area (Å²) in [5.74, 6) is -0.338. The summed E-state index contributed by atoms with van der Waals surface area (Å²) < 4.78 is 4.56. The second-order valence-corrected chi connectivity index (χ2v) is 4.10. The fraction of sp³-hybridized carbons (Fsp3) is 0.125. The number of carbonyl (C=O) groups is 1. The van der Waals surface area contributed by atoms with Crippen LogP contribution >= 0.6 is 11.6 Å². The standard InChI is InChI=1S/C8H9ClO2Si/c1-11-8(10)5-2-6(9)4-7(12)3-5/h2-4H,1,12H3. The summed E-state index contributed by atoms with van der Waals surface area (Å²) in [5.41, 5.74) is 0.523. The van der Waals surface area contributed by atoms with E-state index in [2.05, 4.69) is 4.74 Å². The highest BCUT2D eigenvalue weighted by molar-refractivity contribution is 6.36. The molecule has 64 valence electrons. The highest BCUT2D eigenvalue weighted by atomic mass is 35.5. The summed E-state index contributed by atoms with van der Waals surface area (Å²) >= 11 is 5.77. The van der Waals surface area contributed by atoms with Crippen LogP contribution < -0.4 is 5.19 Å². The van der Waals surface area contributed by atoms with E-state index in [1.807, 2.05) is 6.07 Å². The van der Waals surface area contributed by atoms with Gasteiger partial charge in [-0.3, -0.25) is 0 Å². The van der Waals surface area contributed by atoms with E-state index in [1.54, 1.807) is 12.1 Å². The smallest absolute Gasteiger partial charge is 0.337 e. The van der Waals surface area contributed by atoms with Crippen molar-refractivity contribution < 1.29 is 9.53 Å². The van der Waals surface area contributed by atoms with Crippen molar-refractivity contribution in [2.75, 3.05) is 7.11 Å². The van der Waals surface area contributed by atoms with E-state index in [9.17, 15) is 4.79 Å². The average molecular weight is 201 g/mol. The number of esters is 1. The van der Waals surface area contributed by atoms with Crippen LogP contribution in [0.5, 0.6) is 0 Å². The summed E-state index contributed by atoms with van der Waals surface area (Å²) in [5, 5.41) is 1.67. The first-order chi connectivity index (χ1) is 5.63. The van der Waals surface area contributed by atoms with Gasteiger partial charge in [0, 0.05) is 15.3 Å². The largest absolute Gasteiger partial charge is 0.465 e. The van der Waals surface area contributed by atoms with Gasteiger partial charge in [-0.25, -0.2) is 4.79 Å². The normalized spacial score (nSPS) is 9.83. The van der Waals surface area contributed by atoms with E-state index < -0.39 is 0 Å². The van der Waals surface area contributed by atoms with Crippen molar-refractivity contribution in [3.05, 3.63) is 28.8 Å². The van der Waals surface area contributed by atoms with Gasteiger partial charge in [0.15, 0.2) is 0 Å². The number of methoxy groups -OCH3 is 1. The molecule has 12 heavy (non-hydrogen) atoms. The average Bonchev–Trinajstić information content (AvgIpc) is 2.01. The predicted octanol–water partition coefficient (Wildman–Crippen LogP) is 0.117. The van der Waals surface area contributed by atoms with Crippen LogP contribution in [0.15, 0.2) is 18.2 Å². The molecule has 0 N–H and O–H groups in total. The molecule has 0 heterocycles. The van der Waals surface area contributed by atoms with Crippen LogP contribution in [0, 0.1) is 0 Å². The van der Waals surface area contributed by atoms with Gasteiger partial charge in [-0.2, -0.15) is 0 Å². The Hall–Kier alpha value is -0.803. The molecule has 0 saturated carbocycles. The molecule has 0 fully saturated rings. The van der Waals surface area contributed by atoms with Crippen molar-refractivity contribution in [2.45, 2.75) is 0 Å². The van der Waals surface area contributed by atoms with Crippen molar-refractivity contribution in [3.8, 4) is 0 Å². The number of hydrogen-bond donors (Lipinski definition) is 0. The first kappa shape index (κ1) is 9.29. The van der Waals surface area contributed by atoms with Crippen LogP contribution in [-0.4, -0.2) is 23.3 Å². The van der Waals surface area contributed by atoms with Crippen LogP contribution in [0.25, 0.3) is 0 Å². The molecule has 1 aromatic carbocycles. The molecule has 0 aliphatic carbocycles. The van der Waals surface area contributed by atoms with Crippen molar-refractivity contribution in [3.63, 3.8) is 0 Å². The molecule has 0 spiro atoms. The lowest BCUT2D eigenvalue weighted by Crippen LogP contribution is -2.08. The summed E-state index contributed by atoms with van der Waals surface area (Å²) in [6, 6.07) is 5.25. The Bertz CT molecular complexity index is 292. The summed E-state index contributed by atoms with van der Waals surface area (Å²) in [6.07, 6.45) is 0.